The second kappa shape index (κ2) is 5.68. The zero-order valence-corrected chi connectivity index (χ0v) is 10.7. The Hall–Kier alpha value is -1.55. The highest BCUT2D eigenvalue weighted by atomic mass is 35.5. The first-order valence-corrected chi connectivity index (χ1v) is 5.56. The third-order valence-corrected chi connectivity index (χ3v) is 2.18. The Bertz CT molecular complexity index is 443. The van der Waals surface area contributed by atoms with Crippen molar-refractivity contribution in [3.63, 3.8) is 0 Å². The molecular weight excluding hydrogens is 242 g/mol. The molecule has 0 unspecified atom stereocenters. The van der Waals surface area contributed by atoms with Gasteiger partial charge in [-0.15, -0.1) is 0 Å². The van der Waals surface area contributed by atoms with E-state index in [0.29, 0.717) is 10.7 Å². The quantitative estimate of drug-likeness (QED) is 0.845. The molecule has 0 radical (unpaired) electrons. The van der Waals surface area contributed by atoms with E-state index in [1.807, 2.05) is 0 Å². The summed E-state index contributed by atoms with van der Waals surface area (Å²) in [5.74, 6) is -0.715. The van der Waals surface area contributed by atoms with Gasteiger partial charge in [-0.05, 0) is 32.0 Å². The highest BCUT2D eigenvalue weighted by Gasteiger charge is 2.14. The van der Waals surface area contributed by atoms with Gasteiger partial charge in [-0.3, -0.25) is 4.79 Å². The van der Waals surface area contributed by atoms with Gasteiger partial charge < -0.3 is 10.1 Å². The molecule has 17 heavy (non-hydrogen) atoms. The number of ether oxygens (including phenoxy) is 1. The van der Waals surface area contributed by atoms with Gasteiger partial charge in [-0.1, -0.05) is 11.6 Å². The van der Waals surface area contributed by atoms with Crippen molar-refractivity contribution in [1.82, 2.24) is 0 Å². The van der Waals surface area contributed by atoms with E-state index in [1.165, 1.54) is 13.0 Å². The van der Waals surface area contributed by atoms with Gasteiger partial charge >= 0.3 is 5.97 Å². The van der Waals surface area contributed by atoms with E-state index in [2.05, 4.69) is 5.32 Å². The minimum atomic E-state index is -0.503. The van der Waals surface area contributed by atoms with E-state index in [-0.39, 0.29) is 17.6 Å². The summed E-state index contributed by atoms with van der Waals surface area (Å²) in [5, 5.41) is 2.87. The van der Waals surface area contributed by atoms with Gasteiger partial charge in [0.15, 0.2) is 0 Å². The topological polar surface area (TPSA) is 55.4 Å². The number of rotatable bonds is 3. The van der Waals surface area contributed by atoms with Gasteiger partial charge in [0, 0.05) is 12.6 Å². The Labute approximate surface area is 105 Å². The molecule has 1 aromatic rings. The second-order valence-corrected chi connectivity index (χ2v) is 4.24. The normalized spacial score (nSPS) is 10.2. The van der Waals surface area contributed by atoms with Crippen LogP contribution in [0.3, 0.4) is 0 Å². The fourth-order valence-electron chi connectivity index (χ4n) is 1.24. The fourth-order valence-corrected chi connectivity index (χ4v) is 1.43. The highest BCUT2D eigenvalue weighted by molar-refractivity contribution is 6.33. The first-order valence-electron chi connectivity index (χ1n) is 5.18. The molecule has 0 bridgehead atoms. The summed E-state index contributed by atoms with van der Waals surface area (Å²) in [6.45, 7) is 4.90. The first kappa shape index (κ1) is 13.5. The number of hydrogen-bond acceptors (Lipinski definition) is 3. The Morgan fingerprint density at radius 2 is 2.00 bits per heavy atom. The van der Waals surface area contributed by atoms with Crippen LogP contribution in [0, 0.1) is 0 Å². The molecule has 0 aliphatic carbocycles. The average Bonchev–Trinajstić information content (AvgIpc) is 2.19. The Kier molecular flexibility index (Phi) is 4.52. The molecule has 1 amide bonds. The number of benzene rings is 1. The molecule has 0 aliphatic heterocycles. The largest absolute Gasteiger partial charge is 0.459 e. The number of amides is 1. The number of nitrogens with one attached hydrogen (secondary N) is 1. The van der Waals surface area contributed by atoms with Crippen LogP contribution in [0.15, 0.2) is 18.2 Å². The SMILES string of the molecule is CC(=O)Nc1ccc(Cl)c(C(=O)OC(C)C)c1. The van der Waals surface area contributed by atoms with Gasteiger partial charge in [0.25, 0.3) is 0 Å². The number of hydrogen-bond donors (Lipinski definition) is 1. The van der Waals surface area contributed by atoms with Gasteiger partial charge in [-0.2, -0.15) is 0 Å². The van der Waals surface area contributed by atoms with Crippen LogP contribution in [0.4, 0.5) is 5.69 Å². The van der Waals surface area contributed by atoms with Crippen LogP contribution in [-0.4, -0.2) is 18.0 Å². The third-order valence-electron chi connectivity index (χ3n) is 1.85. The van der Waals surface area contributed by atoms with E-state index >= 15 is 0 Å². The zero-order valence-electron chi connectivity index (χ0n) is 9.91. The maximum Gasteiger partial charge on any atom is 0.339 e. The summed E-state index contributed by atoms with van der Waals surface area (Å²) < 4.78 is 5.04. The standard InChI is InChI=1S/C12H14ClNO3/c1-7(2)17-12(16)10-6-9(14-8(3)15)4-5-11(10)13/h4-7H,1-3H3,(H,14,15). The van der Waals surface area contributed by atoms with Gasteiger partial charge in [-0.25, -0.2) is 4.79 Å². The van der Waals surface area contributed by atoms with Crippen molar-refractivity contribution in [2.45, 2.75) is 26.9 Å². The van der Waals surface area contributed by atoms with E-state index in [1.54, 1.807) is 26.0 Å². The predicted molar refractivity (Wildman–Crippen MR) is 66.3 cm³/mol. The van der Waals surface area contributed by atoms with Crippen LogP contribution in [0.1, 0.15) is 31.1 Å². The lowest BCUT2D eigenvalue weighted by Crippen LogP contribution is -2.13. The summed E-state index contributed by atoms with van der Waals surface area (Å²) >= 11 is 5.90. The molecule has 1 aromatic carbocycles. The minimum absolute atomic E-state index is 0.213. The van der Waals surface area contributed by atoms with Crippen molar-refractivity contribution >= 4 is 29.2 Å². The lowest BCUT2D eigenvalue weighted by atomic mass is 10.2. The monoisotopic (exact) mass is 255 g/mol. The fraction of sp³-hybridized carbons (Fsp3) is 0.333. The molecule has 0 heterocycles. The number of carbonyl (C=O) groups is 2. The zero-order chi connectivity index (χ0) is 13.0. The van der Waals surface area contributed by atoms with E-state index in [0.717, 1.165) is 0 Å². The average molecular weight is 256 g/mol. The van der Waals surface area contributed by atoms with E-state index < -0.39 is 5.97 Å². The smallest absolute Gasteiger partial charge is 0.339 e. The molecule has 4 nitrogen and oxygen atoms in total. The minimum Gasteiger partial charge on any atom is -0.459 e. The van der Waals surface area contributed by atoms with Crippen LogP contribution >= 0.6 is 11.6 Å². The number of halogens is 1. The van der Waals surface area contributed by atoms with Crippen molar-refractivity contribution in [2.75, 3.05) is 5.32 Å². The van der Waals surface area contributed by atoms with Gasteiger partial charge in [0.1, 0.15) is 0 Å². The molecule has 0 aromatic heterocycles. The second-order valence-electron chi connectivity index (χ2n) is 3.83. The molecule has 0 aliphatic rings. The highest BCUT2D eigenvalue weighted by Crippen LogP contribution is 2.21. The third kappa shape index (κ3) is 4.07. The molecule has 92 valence electrons. The molecule has 1 N–H and O–H groups in total. The first-order chi connectivity index (χ1) is 7.90. The predicted octanol–water partition coefficient (Wildman–Crippen LogP) is 2.86. The molecule has 0 fully saturated rings. The summed E-state index contributed by atoms with van der Waals surface area (Å²) in [6, 6.07) is 4.66. The van der Waals surface area contributed by atoms with Crippen molar-refractivity contribution in [3.8, 4) is 0 Å². The van der Waals surface area contributed by atoms with E-state index in [4.69, 9.17) is 16.3 Å². The van der Waals surface area contributed by atoms with Crippen molar-refractivity contribution in [3.05, 3.63) is 28.8 Å². The van der Waals surface area contributed by atoms with Gasteiger partial charge in [0.2, 0.25) is 5.91 Å². The number of anilines is 1. The van der Waals surface area contributed by atoms with Crippen LogP contribution in [-0.2, 0) is 9.53 Å². The Morgan fingerprint density at radius 1 is 1.35 bits per heavy atom. The number of esters is 1. The van der Waals surface area contributed by atoms with Crippen molar-refractivity contribution in [2.24, 2.45) is 0 Å². The molecule has 5 heteroatoms. The Balaban J connectivity index is 2.97. The maximum absolute atomic E-state index is 11.7. The van der Waals surface area contributed by atoms with Crippen LogP contribution in [0.2, 0.25) is 5.02 Å². The molecular formula is C12H14ClNO3. The van der Waals surface area contributed by atoms with Crippen LogP contribution in [0.5, 0.6) is 0 Å². The molecule has 0 atom stereocenters. The van der Waals surface area contributed by atoms with E-state index in [9.17, 15) is 9.59 Å². The molecule has 0 saturated heterocycles. The Morgan fingerprint density at radius 3 is 2.53 bits per heavy atom. The lowest BCUT2D eigenvalue weighted by molar-refractivity contribution is -0.114. The summed E-state index contributed by atoms with van der Waals surface area (Å²) in [7, 11) is 0. The summed E-state index contributed by atoms with van der Waals surface area (Å²) in [5.41, 5.74) is 0.754. The maximum atomic E-state index is 11.7. The molecule has 0 spiro atoms. The summed E-state index contributed by atoms with van der Waals surface area (Å²) in [4.78, 5) is 22.6. The van der Waals surface area contributed by atoms with Crippen molar-refractivity contribution in [1.29, 1.82) is 0 Å². The number of carbonyl (C=O) groups excluding carboxylic acids is 2. The molecule has 0 saturated carbocycles. The van der Waals surface area contributed by atoms with Crippen molar-refractivity contribution < 1.29 is 14.3 Å². The van der Waals surface area contributed by atoms with Gasteiger partial charge in [0.05, 0.1) is 16.7 Å². The lowest BCUT2D eigenvalue weighted by Gasteiger charge is -2.10. The summed E-state index contributed by atoms with van der Waals surface area (Å²) in [6.07, 6.45) is -0.219. The molecule has 1 rings (SSSR count). The van der Waals surface area contributed by atoms with Crippen LogP contribution < -0.4 is 5.32 Å². The van der Waals surface area contributed by atoms with Crippen LogP contribution in [0.25, 0.3) is 0 Å².